The molecule has 0 bridgehead atoms. The van der Waals surface area contributed by atoms with Gasteiger partial charge in [0, 0.05) is 17.8 Å². The molecule has 0 unspecified atom stereocenters. The van der Waals surface area contributed by atoms with E-state index in [4.69, 9.17) is 11.6 Å². The average molecular weight is 294 g/mol. The monoisotopic (exact) mass is 293 g/mol. The van der Waals surface area contributed by atoms with Crippen LogP contribution in [0.15, 0.2) is 24.5 Å². The van der Waals surface area contributed by atoms with Gasteiger partial charge in [-0.1, -0.05) is 17.7 Å². The van der Waals surface area contributed by atoms with E-state index >= 15 is 0 Å². The summed E-state index contributed by atoms with van der Waals surface area (Å²) < 4.78 is 1.62. The first-order valence-electron chi connectivity index (χ1n) is 6.16. The predicted molar refractivity (Wildman–Crippen MR) is 77.5 cm³/mol. The highest BCUT2D eigenvalue weighted by Crippen LogP contribution is 2.19. The van der Waals surface area contributed by atoms with Gasteiger partial charge in [0.1, 0.15) is 6.33 Å². The maximum absolute atomic E-state index is 11.8. The number of rotatable bonds is 5. The van der Waals surface area contributed by atoms with Crippen LogP contribution in [0, 0.1) is 6.92 Å². The van der Waals surface area contributed by atoms with E-state index in [1.165, 1.54) is 0 Å². The summed E-state index contributed by atoms with van der Waals surface area (Å²) >= 11 is 5.90. The van der Waals surface area contributed by atoms with Crippen molar-refractivity contribution in [3.8, 4) is 0 Å². The third kappa shape index (κ3) is 4.04. The Morgan fingerprint density at radius 3 is 2.95 bits per heavy atom. The zero-order valence-electron chi connectivity index (χ0n) is 11.4. The zero-order chi connectivity index (χ0) is 14.5. The number of hydrogen-bond acceptors (Lipinski definition) is 4. The van der Waals surface area contributed by atoms with Crippen molar-refractivity contribution < 1.29 is 4.79 Å². The Kier molecular flexibility index (Phi) is 4.70. The molecule has 0 saturated heterocycles. The van der Waals surface area contributed by atoms with Crippen LogP contribution in [0.5, 0.6) is 0 Å². The van der Waals surface area contributed by atoms with Crippen LogP contribution in [0.3, 0.4) is 0 Å². The molecular weight excluding hydrogens is 278 g/mol. The summed E-state index contributed by atoms with van der Waals surface area (Å²) in [5.74, 6) is 0.519. The predicted octanol–water partition coefficient (Wildman–Crippen LogP) is 1.51. The number of benzene rings is 1. The maximum atomic E-state index is 11.8. The number of carbonyl (C=O) groups excluding carboxylic acids is 1. The van der Waals surface area contributed by atoms with Crippen LogP contribution in [0.2, 0.25) is 5.02 Å². The van der Waals surface area contributed by atoms with Gasteiger partial charge in [-0.05, 0) is 24.6 Å². The second-order valence-corrected chi connectivity index (χ2v) is 4.88. The van der Waals surface area contributed by atoms with Gasteiger partial charge in [0.2, 0.25) is 5.91 Å². The topological polar surface area (TPSA) is 71.8 Å². The number of hydrogen-bond donors (Lipinski definition) is 2. The van der Waals surface area contributed by atoms with Crippen molar-refractivity contribution in [1.29, 1.82) is 0 Å². The molecule has 2 N–H and O–H groups in total. The molecule has 1 aromatic carbocycles. The van der Waals surface area contributed by atoms with Crippen LogP contribution in [0.25, 0.3) is 0 Å². The molecule has 0 radical (unpaired) electrons. The van der Waals surface area contributed by atoms with Crippen molar-refractivity contribution in [3.05, 3.63) is 40.9 Å². The minimum Gasteiger partial charge on any atom is -0.325 e. The molecule has 0 aliphatic heterocycles. The summed E-state index contributed by atoms with van der Waals surface area (Å²) in [4.78, 5) is 15.9. The highest BCUT2D eigenvalue weighted by atomic mass is 35.5. The summed E-state index contributed by atoms with van der Waals surface area (Å²) in [7, 11) is 1.80. The molecule has 2 aromatic rings. The Bertz CT molecular complexity index is 611. The molecule has 1 amide bonds. The molecule has 0 aliphatic rings. The molecule has 1 heterocycles. The van der Waals surface area contributed by atoms with Crippen LogP contribution in [0.1, 0.15) is 11.4 Å². The van der Waals surface area contributed by atoms with Crippen LogP contribution in [0.4, 0.5) is 5.69 Å². The number of anilines is 1. The Labute approximate surface area is 122 Å². The second-order valence-electron chi connectivity index (χ2n) is 4.45. The summed E-state index contributed by atoms with van der Waals surface area (Å²) in [6.45, 7) is 2.55. The third-order valence-corrected chi connectivity index (χ3v) is 2.92. The molecular formula is C13H16ClN5O. The first kappa shape index (κ1) is 14.5. The van der Waals surface area contributed by atoms with E-state index in [1.54, 1.807) is 30.2 Å². The average Bonchev–Trinajstić information content (AvgIpc) is 2.80. The van der Waals surface area contributed by atoms with E-state index in [2.05, 4.69) is 20.7 Å². The number of nitrogens with zero attached hydrogens (tertiary/aromatic N) is 3. The Balaban J connectivity index is 1.82. The summed E-state index contributed by atoms with van der Waals surface area (Å²) in [6, 6.07) is 5.38. The Morgan fingerprint density at radius 2 is 2.25 bits per heavy atom. The molecule has 7 heteroatoms. The lowest BCUT2D eigenvalue weighted by molar-refractivity contribution is -0.115. The van der Waals surface area contributed by atoms with Crippen LogP contribution < -0.4 is 10.6 Å². The largest absolute Gasteiger partial charge is 0.325 e. The molecule has 20 heavy (non-hydrogen) atoms. The molecule has 106 valence electrons. The number of halogens is 1. The Hall–Kier alpha value is -1.92. The van der Waals surface area contributed by atoms with E-state index in [0.717, 1.165) is 11.3 Å². The minimum atomic E-state index is -0.133. The first-order valence-corrected chi connectivity index (χ1v) is 6.53. The quantitative estimate of drug-likeness (QED) is 0.876. The maximum Gasteiger partial charge on any atom is 0.238 e. The molecule has 0 atom stereocenters. The van der Waals surface area contributed by atoms with E-state index in [-0.39, 0.29) is 12.5 Å². The van der Waals surface area contributed by atoms with Gasteiger partial charge in [-0.3, -0.25) is 9.48 Å². The first-order chi connectivity index (χ1) is 9.54. The lowest BCUT2D eigenvalue weighted by Gasteiger charge is -2.09. The smallest absolute Gasteiger partial charge is 0.238 e. The summed E-state index contributed by atoms with van der Waals surface area (Å²) in [6.07, 6.45) is 1.62. The zero-order valence-corrected chi connectivity index (χ0v) is 12.1. The molecule has 1 aromatic heterocycles. The molecule has 0 fully saturated rings. The molecule has 6 nitrogen and oxygen atoms in total. The molecule has 2 rings (SSSR count). The molecule has 0 aliphatic carbocycles. The number of amides is 1. The van der Waals surface area contributed by atoms with Gasteiger partial charge in [-0.25, -0.2) is 4.98 Å². The Morgan fingerprint density at radius 1 is 1.45 bits per heavy atom. The molecule has 0 saturated carbocycles. The lowest BCUT2D eigenvalue weighted by atomic mass is 10.2. The van der Waals surface area contributed by atoms with E-state index in [1.807, 2.05) is 13.0 Å². The number of nitrogens with one attached hydrogen (secondary N) is 2. The van der Waals surface area contributed by atoms with E-state index in [9.17, 15) is 4.79 Å². The van der Waals surface area contributed by atoms with Crippen LogP contribution >= 0.6 is 11.6 Å². The third-order valence-electron chi connectivity index (χ3n) is 2.69. The molecule has 0 spiro atoms. The van der Waals surface area contributed by atoms with Gasteiger partial charge in [-0.15, -0.1) is 0 Å². The standard InChI is InChI=1S/C13H16ClN5O/c1-9-3-4-10(14)5-11(9)17-13(20)7-15-6-12-16-8-19(2)18-12/h3-5,8,15H,6-7H2,1-2H3,(H,17,20). The van der Waals surface area contributed by atoms with Crippen molar-refractivity contribution in [2.75, 3.05) is 11.9 Å². The van der Waals surface area contributed by atoms with Gasteiger partial charge < -0.3 is 10.6 Å². The summed E-state index contributed by atoms with van der Waals surface area (Å²) in [5.41, 5.74) is 1.69. The highest BCUT2D eigenvalue weighted by Gasteiger charge is 2.06. The van der Waals surface area contributed by atoms with Gasteiger partial charge >= 0.3 is 0 Å². The SMILES string of the molecule is Cc1ccc(Cl)cc1NC(=O)CNCc1ncn(C)n1. The fourth-order valence-corrected chi connectivity index (χ4v) is 1.85. The van der Waals surface area contributed by atoms with Crippen LogP contribution in [-0.4, -0.2) is 27.2 Å². The van der Waals surface area contributed by atoms with Gasteiger partial charge in [0.25, 0.3) is 0 Å². The highest BCUT2D eigenvalue weighted by molar-refractivity contribution is 6.31. The van der Waals surface area contributed by atoms with Crippen molar-refractivity contribution in [2.24, 2.45) is 7.05 Å². The fraction of sp³-hybridized carbons (Fsp3) is 0.308. The summed E-state index contributed by atoms with van der Waals surface area (Å²) in [5, 5.41) is 10.5. The van der Waals surface area contributed by atoms with Gasteiger partial charge in [0.05, 0.1) is 13.1 Å². The van der Waals surface area contributed by atoms with Gasteiger partial charge in [-0.2, -0.15) is 5.10 Å². The van der Waals surface area contributed by atoms with Crippen molar-refractivity contribution >= 4 is 23.2 Å². The normalized spacial score (nSPS) is 10.6. The number of aryl methyl sites for hydroxylation is 2. The van der Waals surface area contributed by atoms with E-state index in [0.29, 0.717) is 17.4 Å². The second kappa shape index (κ2) is 6.49. The van der Waals surface area contributed by atoms with E-state index < -0.39 is 0 Å². The van der Waals surface area contributed by atoms with Crippen molar-refractivity contribution in [3.63, 3.8) is 0 Å². The minimum absolute atomic E-state index is 0.133. The number of aromatic nitrogens is 3. The van der Waals surface area contributed by atoms with Crippen molar-refractivity contribution in [2.45, 2.75) is 13.5 Å². The fourth-order valence-electron chi connectivity index (χ4n) is 1.68. The lowest BCUT2D eigenvalue weighted by Crippen LogP contribution is -2.28. The number of carbonyl (C=O) groups is 1. The van der Waals surface area contributed by atoms with Crippen LogP contribution in [-0.2, 0) is 18.4 Å². The van der Waals surface area contributed by atoms with Gasteiger partial charge in [0.15, 0.2) is 5.82 Å². The van der Waals surface area contributed by atoms with Crippen molar-refractivity contribution in [1.82, 2.24) is 20.1 Å².